The van der Waals surface area contributed by atoms with Crippen LogP contribution in [0.1, 0.15) is 29.5 Å². The first kappa shape index (κ1) is 14.7. The van der Waals surface area contributed by atoms with Gasteiger partial charge in [-0.25, -0.2) is 4.39 Å². The van der Waals surface area contributed by atoms with Crippen molar-refractivity contribution in [2.45, 2.75) is 18.4 Å². The maximum Gasteiger partial charge on any atom is 0.270 e. The molecule has 1 aliphatic carbocycles. The van der Waals surface area contributed by atoms with Crippen LogP contribution in [0, 0.1) is 21.8 Å². The minimum atomic E-state index is -0.495. The van der Waals surface area contributed by atoms with E-state index in [9.17, 15) is 19.6 Å². The summed E-state index contributed by atoms with van der Waals surface area (Å²) >= 11 is 0. The number of allylic oxidation sites excluding steroid dienone is 2. The van der Waals surface area contributed by atoms with Crippen LogP contribution >= 0.6 is 0 Å². The Labute approximate surface area is 137 Å². The molecule has 0 spiro atoms. The second-order valence-electron chi connectivity index (χ2n) is 6.18. The first-order valence-electron chi connectivity index (χ1n) is 7.75. The number of hydrogen-bond donors (Lipinski definition) is 2. The van der Waals surface area contributed by atoms with Crippen LogP contribution in [-0.2, 0) is 0 Å². The third kappa shape index (κ3) is 2.14. The van der Waals surface area contributed by atoms with Gasteiger partial charge in [0.15, 0.2) is 0 Å². The van der Waals surface area contributed by atoms with Crippen molar-refractivity contribution >= 4 is 11.4 Å². The maximum absolute atomic E-state index is 14.3. The molecule has 24 heavy (non-hydrogen) atoms. The number of nitrogens with zero attached hydrogens (tertiary/aromatic N) is 1. The third-order valence-corrected chi connectivity index (χ3v) is 4.90. The fourth-order valence-corrected chi connectivity index (χ4v) is 3.80. The van der Waals surface area contributed by atoms with E-state index < -0.39 is 11.0 Å². The Morgan fingerprint density at radius 2 is 2.08 bits per heavy atom. The van der Waals surface area contributed by atoms with E-state index >= 15 is 0 Å². The number of non-ortho nitro benzene ring substituents is 1. The number of phenols is 1. The number of hydrogen-bond acceptors (Lipinski definition) is 4. The van der Waals surface area contributed by atoms with E-state index in [0.717, 1.165) is 12.0 Å². The number of nitro groups is 1. The Bertz CT molecular complexity index is 865. The lowest BCUT2D eigenvalue weighted by molar-refractivity contribution is -0.385. The number of anilines is 1. The van der Waals surface area contributed by atoms with E-state index in [0.29, 0.717) is 11.3 Å². The first-order valence-corrected chi connectivity index (χ1v) is 7.75. The zero-order valence-electron chi connectivity index (χ0n) is 12.6. The molecule has 122 valence electrons. The van der Waals surface area contributed by atoms with Crippen LogP contribution in [0.15, 0.2) is 48.6 Å². The van der Waals surface area contributed by atoms with Crippen LogP contribution in [0.5, 0.6) is 5.75 Å². The average molecular weight is 326 g/mol. The SMILES string of the molecule is O=[N+]([O-])c1ccc(O)c(C2Nc3c(F)cccc3C3C=CCC32)c1. The molecule has 2 aliphatic rings. The van der Waals surface area contributed by atoms with Crippen LogP contribution < -0.4 is 5.32 Å². The Morgan fingerprint density at radius 1 is 1.25 bits per heavy atom. The number of halogens is 1. The number of nitro benzene ring substituents is 1. The molecular formula is C18H15FN2O3. The molecule has 3 atom stereocenters. The Hall–Kier alpha value is -2.89. The number of para-hydroxylation sites is 1. The van der Waals surface area contributed by atoms with Gasteiger partial charge in [0.1, 0.15) is 11.6 Å². The lowest BCUT2D eigenvalue weighted by Gasteiger charge is -2.37. The standard InChI is InChI=1S/C18H15FN2O3/c19-15-6-2-5-13-11-3-1-4-12(11)17(20-18(13)15)14-9-10(21(23)24)7-8-16(14)22/h1-3,5-9,11-12,17,20,22H,4H2. The molecule has 2 aromatic carbocycles. The predicted octanol–water partition coefficient (Wildman–Crippen LogP) is 4.27. The largest absolute Gasteiger partial charge is 0.508 e. The number of fused-ring (bicyclic) bond motifs is 3. The van der Waals surface area contributed by atoms with E-state index in [1.165, 1.54) is 24.3 Å². The van der Waals surface area contributed by atoms with Gasteiger partial charge in [-0.1, -0.05) is 24.3 Å². The minimum absolute atomic E-state index is 0.0245. The quantitative estimate of drug-likeness (QED) is 0.491. The summed E-state index contributed by atoms with van der Waals surface area (Å²) in [5.41, 5.74) is 1.62. The highest BCUT2D eigenvalue weighted by atomic mass is 19.1. The second kappa shape index (κ2) is 5.33. The van der Waals surface area contributed by atoms with Crippen molar-refractivity contribution in [1.29, 1.82) is 0 Å². The molecule has 0 saturated carbocycles. The van der Waals surface area contributed by atoms with Gasteiger partial charge < -0.3 is 10.4 Å². The minimum Gasteiger partial charge on any atom is -0.508 e. The summed E-state index contributed by atoms with van der Waals surface area (Å²) in [6.07, 6.45) is 4.85. The monoisotopic (exact) mass is 326 g/mol. The van der Waals surface area contributed by atoms with Crippen molar-refractivity contribution in [2.24, 2.45) is 5.92 Å². The van der Waals surface area contributed by atoms with E-state index in [2.05, 4.69) is 5.32 Å². The van der Waals surface area contributed by atoms with E-state index in [4.69, 9.17) is 0 Å². The van der Waals surface area contributed by atoms with Gasteiger partial charge in [0.2, 0.25) is 0 Å². The summed E-state index contributed by atoms with van der Waals surface area (Å²) in [7, 11) is 0. The van der Waals surface area contributed by atoms with E-state index in [-0.39, 0.29) is 29.1 Å². The highest BCUT2D eigenvalue weighted by Gasteiger charge is 2.40. The van der Waals surface area contributed by atoms with Gasteiger partial charge in [-0.15, -0.1) is 0 Å². The molecule has 1 heterocycles. The number of phenolic OH excluding ortho intramolecular Hbond substituents is 1. The van der Waals surface area contributed by atoms with E-state index in [1.807, 2.05) is 18.2 Å². The summed E-state index contributed by atoms with van der Waals surface area (Å²) in [5, 5.41) is 24.5. The smallest absolute Gasteiger partial charge is 0.270 e. The van der Waals surface area contributed by atoms with Crippen molar-refractivity contribution in [1.82, 2.24) is 0 Å². The molecule has 6 heteroatoms. The Morgan fingerprint density at radius 3 is 2.88 bits per heavy atom. The zero-order valence-corrected chi connectivity index (χ0v) is 12.6. The van der Waals surface area contributed by atoms with Gasteiger partial charge in [0.25, 0.3) is 5.69 Å². The molecule has 4 rings (SSSR count). The van der Waals surface area contributed by atoms with Crippen LogP contribution in [0.4, 0.5) is 15.8 Å². The van der Waals surface area contributed by atoms with Crippen LogP contribution in [0.2, 0.25) is 0 Å². The van der Waals surface area contributed by atoms with Crippen molar-refractivity contribution in [3.05, 3.63) is 75.6 Å². The molecule has 5 nitrogen and oxygen atoms in total. The normalized spacial score (nSPS) is 24.1. The number of aromatic hydroxyl groups is 1. The lowest BCUT2D eigenvalue weighted by atomic mass is 9.76. The lowest BCUT2D eigenvalue weighted by Crippen LogP contribution is -2.29. The molecule has 2 aromatic rings. The molecule has 0 saturated heterocycles. The van der Waals surface area contributed by atoms with Crippen LogP contribution in [0.3, 0.4) is 0 Å². The highest BCUT2D eigenvalue weighted by molar-refractivity contribution is 5.62. The molecule has 3 unspecified atom stereocenters. The molecule has 2 N–H and O–H groups in total. The van der Waals surface area contributed by atoms with Gasteiger partial charge in [-0.3, -0.25) is 10.1 Å². The zero-order chi connectivity index (χ0) is 16.8. The summed E-state index contributed by atoms with van der Waals surface area (Å²) in [5.74, 6) is -0.280. The molecule has 1 aliphatic heterocycles. The molecule has 0 radical (unpaired) electrons. The average Bonchev–Trinajstić information content (AvgIpc) is 3.05. The fourth-order valence-electron chi connectivity index (χ4n) is 3.80. The third-order valence-electron chi connectivity index (χ3n) is 4.90. The Kier molecular flexibility index (Phi) is 3.26. The molecule has 0 amide bonds. The fraction of sp³-hybridized carbons (Fsp3) is 0.222. The van der Waals surface area contributed by atoms with Gasteiger partial charge in [0.05, 0.1) is 16.7 Å². The maximum atomic E-state index is 14.3. The van der Waals surface area contributed by atoms with Crippen molar-refractivity contribution in [3.63, 3.8) is 0 Å². The summed E-state index contributed by atoms with van der Waals surface area (Å²) in [6.45, 7) is 0. The van der Waals surface area contributed by atoms with Gasteiger partial charge in [0, 0.05) is 23.6 Å². The summed E-state index contributed by atoms with van der Waals surface area (Å²) in [4.78, 5) is 10.6. The first-order chi connectivity index (χ1) is 11.6. The molecule has 0 aromatic heterocycles. The highest BCUT2D eigenvalue weighted by Crippen LogP contribution is 2.51. The number of benzene rings is 2. The summed E-state index contributed by atoms with van der Waals surface area (Å²) in [6, 6.07) is 8.52. The number of rotatable bonds is 2. The van der Waals surface area contributed by atoms with Crippen LogP contribution in [0.25, 0.3) is 0 Å². The van der Waals surface area contributed by atoms with Crippen LogP contribution in [-0.4, -0.2) is 10.0 Å². The Balaban J connectivity index is 1.84. The molecular weight excluding hydrogens is 311 g/mol. The number of nitrogens with one attached hydrogen (secondary N) is 1. The molecule has 0 bridgehead atoms. The topological polar surface area (TPSA) is 75.4 Å². The summed E-state index contributed by atoms with van der Waals surface area (Å²) < 4.78 is 14.3. The van der Waals surface area contributed by atoms with Gasteiger partial charge in [-0.2, -0.15) is 0 Å². The van der Waals surface area contributed by atoms with Crippen molar-refractivity contribution in [2.75, 3.05) is 5.32 Å². The van der Waals surface area contributed by atoms with E-state index in [1.54, 1.807) is 6.07 Å². The van der Waals surface area contributed by atoms with Gasteiger partial charge in [-0.05, 0) is 30.0 Å². The van der Waals surface area contributed by atoms with Gasteiger partial charge >= 0.3 is 0 Å². The molecule has 0 fully saturated rings. The predicted molar refractivity (Wildman–Crippen MR) is 87.5 cm³/mol. The second-order valence-corrected chi connectivity index (χ2v) is 6.18. The van der Waals surface area contributed by atoms with Crippen molar-refractivity contribution in [3.8, 4) is 5.75 Å². The van der Waals surface area contributed by atoms with Crippen molar-refractivity contribution < 1.29 is 14.4 Å².